The van der Waals surface area contributed by atoms with E-state index in [1.54, 1.807) is 6.92 Å². The number of anilines is 1. The fraction of sp³-hybridized carbons (Fsp3) is 0.263. The van der Waals surface area contributed by atoms with Crippen molar-refractivity contribution in [2.24, 2.45) is 7.05 Å². The largest absolute Gasteiger partial charge is 0.471 e. The highest BCUT2D eigenvalue weighted by Gasteiger charge is 2.30. The summed E-state index contributed by atoms with van der Waals surface area (Å²) in [5.41, 5.74) is -0.163. The van der Waals surface area contributed by atoms with Crippen molar-refractivity contribution >= 4 is 17.6 Å². The maximum absolute atomic E-state index is 12.8. The minimum atomic E-state index is -4.48. The average molecular weight is 437 g/mol. The van der Waals surface area contributed by atoms with Gasteiger partial charge in [0.05, 0.1) is 24.1 Å². The predicted molar refractivity (Wildman–Crippen MR) is 102 cm³/mol. The third-order valence-electron chi connectivity index (χ3n) is 4.24. The summed E-state index contributed by atoms with van der Waals surface area (Å²) in [6.07, 6.45) is -3.05. The van der Waals surface area contributed by atoms with Gasteiger partial charge in [0.1, 0.15) is 5.75 Å². The number of carbonyl (C=O) groups excluding carboxylic acids is 2. The molecule has 1 amide bonds. The predicted octanol–water partition coefficient (Wildman–Crippen LogP) is 3.02. The van der Waals surface area contributed by atoms with Gasteiger partial charge in [-0.3, -0.25) is 9.48 Å². The molecule has 0 unspecified atom stereocenters. The van der Waals surface area contributed by atoms with E-state index in [2.05, 4.69) is 15.5 Å². The highest BCUT2D eigenvalue weighted by Crippen LogP contribution is 2.31. The van der Waals surface area contributed by atoms with Crippen molar-refractivity contribution in [1.82, 2.24) is 19.6 Å². The third kappa shape index (κ3) is 4.85. The summed E-state index contributed by atoms with van der Waals surface area (Å²) >= 11 is 0. The molecule has 31 heavy (non-hydrogen) atoms. The van der Waals surface area contributed by atoms with Gasteiger partial charge >= 0.3 is 12.1 Å². The smallest absolute Gasteiger partial charge is 0.416 e. The van der Waals surface area contributed by atoms with Crippen LogP contribution in [0.4, 0.5) is 18.9 Å². The fourth-order valence-electron chi connectivity index (χ4n) is 2.77. The van der Waals surface area contributed by atoms with Gasteiger partial charge in [0.25, 0.3) is 5.91 Å². The highest BCUT2D eigenvalue weighted by atomic mass is 19.4. The van der Waals surface area contributed by atoms with Crippen LogP contribution >= 0.6 is 0 Å². The van der Waals surface area contributed by atoms with Crippen LogP contribution in [0.25, 0.3) is 0 Å². The Morgan fingerprint density at radius 2 is 1.94 bits per heavy atom. The van der Waals surface area contributed by atoms with E-state index in [9.17, 15) is 22.8 Å². The zero-order chi connectivity index (χ0) is 22.8. The number of alkyl halides is 3. The number of hydrogen-bond acceptors (Lipinski definition) is 6. The quantitative estimate of drug-likeness (QED) is 0.595. The Labute approximate surface area is 174 Å². The van der Waals surface area contributed by atoms with Gasteiger partial charge in [0.2, 0.25) is 0 Å². The molecule has 2 aromatic heterocycles. The number of aryl methyl sites for hydroxylation is 2. The first-order valence-electron chi connectivity index (χ1n) is 8.87. The Balaban J connectivity index is 1.69. The number of ether oxygens (including phenoxy) is 2. The van der Waals surface area contributed by atoms with E-state index >= 15 is 0 Å². The first kappa shape index (κ1) is 21.9. The molecule has 9 nitrogen and oxygen atoms in total. The van der Waals surface area contributed by atoms with Crippen molar-refractivity contribution < 1.29 is 32.2 Å². The molecule has 0 spiro atoms. The Kier molecular flexibility index (Phi) is 5.99. The van der Waals surface area contributed by atoms with Gasteiger partial charge in [-0.05, 0) is 31.2 Å². The molecule has 164 valence electrons. The Morgan fingerprint density at radius 3 is 2.61 bits per heavy atom. The van der Waals surface area contributed by atoms with Crippen molar-refractivity contribution in [3.05, 3.63) is 59.2 Å². The van der Waals surface area contributed by atoms with Crippen LogP contribution in [0.2, 0.25) is 0 Å². The molecule has 0 fully saturated rings. The SMILES string of the molecule is COC(=O)c1c(NC(=O)c2ccn(COc3cccc(C(F)(F)F)c3)n2)c(C)nn1C. The van der Waals surface area contributed by atoms with Crippen molar-refractivity contribution in [2.45, 2.75) is 19.8 Å². The van der Waals surface area contributed by atoms with E-state index in [1.165, 1.54) is 47.9 Å². The summed E-state index contributed by atoms with van der Waals surface area (Å²) < 4.78 is 50.9. The molecule has 0 aliphatic carbocycles. The van der Waals surface area contributed by atoms with E-state index in [0.717, 1.165) is 12.1 Å². The van der Waals surface area contributed by atoms with E-state index in [0.29, 0.717) is 5.69 Å². The van der Waals surface area contributed by atoms with Crippen LogP contribution in [0.5, 0.6) is 5.75 Å². The minimum absolute atomic E-state index is 0.00466. The molecule has 0 aliphatic heterocycles. The second-order valence-corrected chi connectivity index (χ2v) is 6.42. The normalized spacial score (nSPS) is 11.3. The molecule has 0 saturated carbocycles. The summed E-state index contributed by atoms with van der Waals surface area (Å²) in [4.78, 5) is 24.5. The second kappa shape index (κ2) is 8.50. The lowest BCUT2D eigenvalue weighted by atomic mass is 10.2. The molecule has 12 heteroatoms. The zero-order valence-corrected chi connectivity index (χ0v) is 16.7. The summed E-state index contributed by atoms with van der Waals surface area (Å²) in [7, 11) is 2.75. The molecule has 1 N–H and O–H groups in total. The van der Waals surface area contributed by atoms with Crippen LogP contribution in [0.3, 0.4) is 0 Å². The monoisotopic (exact) mass is 437 g/mol. The van der Waals surface area contributed by atoms with Crippen LogP contribution in [0, 0.1) is 6.92 Å². The van der Waals surface area contributed by atoms with Gasteiger partial charge in [-0.15, -0.1) is 0 Å². The van der Waals surface area contributed by atoms with Crippen LogP contribution in [0.1, 0.15) is 32.2 Å². The standard InChI is InChI=1S/C19H18F3N5O4/c1-11-15(16(18(29)30-3)26(2)24-11)23-17(28)14-7-8-27(25-14)10-31-13-6-4-5-12(9-13)19(20,21)22/h4-9H,10H2,1-3H3,(H,23,28). The number of halogens is 3. The summed E-state index contributed by atoms with van der Waals surface area (Å²) in [5, 5.41) is 10.7. The van der Waals surface area contributed by atoms with Crippen molar-refractivity contribution in [1.29, 1.82) is 0 Å². The van der Waals surface area contributed by atoms with E-state index < -0.39 is 23.6 Å². The van der Waals surface area contributed by atoms with E-state index in [4.69, 9.17) is 9.47 Å². The van der Waals surface area contributed by atoms with E-state index in [1.807, 2.05) is 0 Å². The Hall–Kier alpha value is -3.83. The van der Waals surface area contributed by atoms with Gasteiger partial charge in [-0.1, -0.05) is 6.07 Å². The van der Waals surface area contributed by atoms with Gasteiger partial charge in [-0.2, -0.15) is 23.4 Å². The molecule has 1 aromatic carbocycles. The zero-order valence-electron chi connectivity index (χ0n) is 16.7. The molecule has 0 saturated heterocycles. The number of esters is 1. The number of benzene rings is 1. The summed E-state index contributed by atoms with van der Waals surface area (Å²) in [5.74, 6) is -1.28. The summed E-state index contributed by atoms with van der Waals surface area (Å²) in [6, 6.07) is 5.82. The van der Waals surface area contributed by atoms with Gasteiger partial charge in [0.15, 0.2) is 18.1 Å². The molecule has 3 rings (SSSR count). The molecule has 2 heterocycles. The summed E-state index contributed by atoms with van der Waals surface area (Å²) in [6.45, 7) is 1.40. The number of methoxy groups -OCH3 is 1. The number of rotatable bonds is 6. The first-order chi connectivity index (χ1) is 14.6. The topological polar surface area (TPSA) is 100 Å². The van der Waals surface area contributed by atoms with Crippen LogP contribution in [-0.4, -0.2) is 38.5 Å². The molecule has 0 aliphatic rings. The highest BCUT2D eigenvalue weighted by molar-refractivity contribution is 6.07. The van der Waals surface area contributed by atoms with Gasteiger partial charge in [-0.25, -0.2) is 9.48 Å². The maximum Gasteiger partial charge on any atom is 0.416 e. The Bertz CT molecular complexity index is 1120. The lowest BCUT2D eigenvalue weighted by Gasteiger charge is -2.10. The van der Waals surface area contributed by atoms with Crippen LogP contribution in [0.15, 0.2) is 36.5 Å². The first-order valence-corrected chi connectivity index (χ1v) is 8.87. The van der Waals surface area contributed by atoms with Gasteiger partial charge < -0.3 is 14.8 Å². The molecule has 0 radical (unpaired) electrons. The Morgan fingerprint density at radius 1 is 1.19 bits per heavy atom. The van der Waals surface area contributed by atoms with Crippen molar-refractivity contribution in [3.63, 3.8) is 0 Å². The van der Waals surface area contributed by atoms with Crippen LogP contribution in [-0.2, 0) is 24.7 Å². The molecule has 0 atom stereocenters. The molecular weight excluding hydrogens is 419 g/mol. The average Bonchev–Trinajstić information content (AvgIpc) is 3.30. The second-order valence-electron chi connectivity index (χ2n) is 6.42. The van der Waals surface area contributed by atoms with Crippen molar-refractivity contribution in [3.8, 4) is 5.75 Å². The number of hydrogen-bond donors (Lipinski definition) is 1. The number of carbonyl (C=O) groups is 2. The number of nitrogens with zero attached hydrogens (tertiary/aromatic N) is 4. The lowest BCUT2D eigenvalue weighted by molar-refractivity contribution is -0.137. The fourth-order valence-corrected chi connectivity index (χ4v) is 2.77. The van der Waals surface area contributed by atoms with Gasteiger partial charge in [0, 0.05) is 13.2 Å². The molecule has 0 bridgehead atoms. The minimum Gasteiger partial charge on any atom is -0.471 e. The molecule has 3 aromatic rings. The lowest BCUT2D eigenvalue weighted by Crippen LogP contribution is -2.18. The maximum atomic E-state index is 12.8. The van der Waals surface area contributed by atoms with Crippen molar-refractivity contribution in [2.75, 3.05) is 12.4 Å². The van der Waals surface area contributed by atoms with E-state index in [-0.39, 0.29) is 29.6 Å². The number of aromatic nitrogens is 4. The third-order valence-corrected chi connectivity index (χ3v) is 4.24. The number of nitrogens with one attached hydrogen (secondary N) is 1. The molecular formula is C19H18F3N5O4. The van der Waals surface area contributed by atoms with Crippen LogP contribution < -0.4 is 10.1 Å². The number of amides is 1.